The molecule has 0 spiro atoms. The van der Waals surface area contributed by atoms with Crippen LogP contribution in [0.1, 0.15) is 11.1 Å². The third kappa shape index (κ3) is 3.62. The SMILES string of the molecule is Cc1cc(F)c(Br)cc1NCc1ccc(Cl)cc1Cl. The average molecular weight is 363 g/mol. The molecule has 1 N–H and O–H groups in total. The Hall–Kier alpha value is -0.770. The lowest BCUT2D eigenvalue weighted by atomic mass is 10.1. The zero-order valence-electron chi connectivity index (χ0n) is 10.1. The largest absolute Gasteiger partial charge is 0.381 e. The third-order valence-corrected chi connectivity index (χ3v) is 3.95. The van der Waals surface area contributed by atoms with Crippen LogP contribution in [0, 0.1) is 12.7 Å². The second-order valence-electron chi connectivity index (χ2n) is 4.17. The summed E-state index contributed by atoms with van der Waals surface area (Å²) in [5.74, 6) is -0.271. The summed E-state index contributed by atoms with van der Waals surface area (Å²) in [5.41, 5.74) is 2.64. The highest BCUT2D eigenvalue weighted by atomic mass is 79.9. The maximum absolute atomic E-state index is 13.3. The minimum Gasteiger partial charge on any atom is -0.381 e. The normalized spacial score (nSPS) is 10.6. The molecule has 2 aromatic carbocycles. The second-order valence-corrected chi connectivity index (χ2v) is 5.87. The van der Waals surface area contributed by atoms with E-state index >= 15 is 0 Å². The van der Waals surface area contributed by atoms with E-state index in [-0.39, 0.29) is 5.82 Å². The van der Waals surface area contributed by atoms with Gasteiger partial charge < -0.3 is 5.32 Å². The number of benzene rings is 2. The third-order valence-electron chi connectivity index (χ3n) is 2.75. The number of halogens is 4. The summed E-state index contributed by atoms with van der Waals surface area (Å²) in [6.45, 7) is 2.40. The van der Waals surface area contributed by atoms with Crippen LogP contribution in [0.4, 0.5) is 10.1 Å². The molecule has 1 nitrogen and oxygen atoms in total. The van der Waals surface area contributed by atoms with Crippen LogP contribution in [0.3, 0.4) is 0 Å². The van der Waals surface area contributed by atoms with Gasteiger partial charge in [-0.2, -0.15) is 0 Å². The summed E-state index contributed by atoms with van der Waals surface area (Å²) in [7, 11) is 0. The van der Waals surface area contributed by atoms with Gasteiger partial charge in [-0.1, -0.05) is 29.3 Å². The Morgan fingerprint density at radius 1 is 1.21 bits per heavy atom. The van der Waals surface area contributed by atoms with Gasteiger partial charge in [0.25, 0.3) is 0 Å². The predicted octanol–water partition coefficient (Wildman–Crippen LogP) is 5.82. The van der Waals surface area contributed by atoms with Gasteiger partial charge in [0.1, 0.15) is 5.82 Å². The van der Waals surface area contributed by atoms with Gasteiger partial charge in [0.15, 0.2) is 0 Å². The van der Waals surface area contributed by atoms with E-state index in [9.17, 15) is 4.39 Å². The summed E-state index contributed by atoms with van der Waals surface area (Å²) in [5, 5.41) is 4.45. The fourth-order valence-corrected chi connectivity index (χ4v) is 2.51. The molecular weight excluding hydrogens is 352 g/mol. The quantitative estimate of drug-likeness (QED) is 0.725. The van der Waals surface area contributed by atoms with Crippen molar-refractivity contribution in [1.29, 1.82) is 0 Å². The smallest absolute Gasteiger partial charge is 0.137 e. The van der Waals surface area contributed by atoms with Crippen molar-refractivity contribution < 1.29 is 4.39 Å². The molecule has 0 amide bonds. The Kier molecular flexibility index (Phi) is 4.71. The average Bonchev–Trinajstić information content (AvgIpc) is 2.34. The maximum atomic E-state index is 13.3. The van der Waals surface area contributed by atoms with Crippen LogP contribution in [0.2, 0.25) is 10.0 Å². The molecule has 2 aromatic rings. The molecule has 0 unspecified atom stereocenters. The van der Waals surface area contributed by atoms with E-state index in [0.29, 0.717) is 21.1 Å². The van der Waals surface area contributed by atoms with Gasteiger partial charge in [0.2, 0.25) is 0 Å². The minimum absolute atomic E-state index is 0.271. The molecule has 0 bridgehead atoms. The van der Waals surface area contributed by atoms with Crippen molar-refractivity contribution in [3.8, 4) is 0 Å². The molecule has 5 heteroatoms. The number of hydrogen-bond acceptors (Lipinski definition) is 1. The molecule has 19 heavy (non-hydrogen) atoms. The fourth-order valence-electron chi connectivity index (χ4n) is 1.69. The lowest BCUT2D eigenvalue weighted by Crippen LogP contribution is -2.02. The Morgan fingerprint density at radius 3 is 2.63 bits per heavy atom. The first-order valence-electron chi connectivity index (χ1n) is 5.61. The minimum atomic E-state index is -0.271. The Bertz CT molecular complexity index is 617. The summed E-state index contributed by atoms with van der Waals surface area (Å²) >= 11 is 15.1. The van der Waals surface area contributed by atoms with Gasteiger partial charge in [-0.3, -0.25) is 0 Å². The molecule has 0 aliphatic carbocycles. The van der Waals surface area contributed by atoms with Crippen molar-refractivity contribution in [2.45, 2.75) is 13.5 Å². The number of hydrogen-bond donors (Lipinski definition) is 1. The van der Waals surface area contributed by atoms with Crippen LogP contribution in [0.5, 0.6) is 0 Å². The molecule has 0 aliphatic heterocycles. The van der Waals surface area contributed by atoms with Gasteiger partial charge in [0, 0.05) is 22.3 Å². The van der Waals surface area contributed by atoms with Crippen molar-refractivity contribution in [3.63, 3.8) is 0 Å². The monoisotopic (exact) mass is 361 g/mol. The van der Waals surface area contributed by atoms with Crippen LogP contribution in [0.15, 0.2) is 34.8 Å². The number of rotatable bonds is 3. The first-order valence-corrected chi connectivity index (χ1v) is 7.15. The van der Waals surface area contributed by atoms with E-state index in [0.717, 1.165) is 16.8 Å². The maximum Gasteiger partial charge on any atom is 0.137 e. The number of nitrogens with one attached hydrogen (secondary N) is 1. The molecule has 0 heterocycles. The van der Waals surface area contributed by atoms with Gasteiger partial charge in [-0.15, -0.1) is 0 Å². The molecule has 0 saturated carbocycles. The highest BCUT2D eigenvalue weighted by Gasteiger charge is 2.06. The second kappa shape index (κ2) is 6.12. The molecule has 0 radical (unpaired) electrons. The predicted molar refractivity (Wildman–Crippen MR) is 82.6 cm³/mol. The first-order chi connectivity index (χ1) is 8.97. The zero-order valence-corrected chi connectivity index (χ0v) is 13.2. The van der Waals surface area contributed by atoms with Crippen molar-refractivity contribution >= 4 is 44.8 Å². The van der Waals surface area contributed by atoms with Crippen molar-refractivity contribution in [3.05, 3.63) is 61.8 Å². The molecular formula is C14H11BrCl2FN. The van der Waals surface area contributed by atoms with E-state index in [1.54, 1.807) is 18.2 Å². The Balaban J connectivity index is 2.16. The molecule has 0 atom stereocenters. The van der Waals surface area contributed by atoms with Crippen molar-refractivity contribution in [2.75, 3.05) is 5.32 Å². The standard InChI is InChI=1S/C14H11BrCl2FN/c1-8-4-13(18)11(15)6-14(8)19-7-9-2-3-10(16)5-12(9)17/h2-6,19H,7H2,1H3. The summed E-state index contributed by atoms with van der Waals surface area (Å²) < 4.78 is 13.8. The topological polar surface area (TPSA) is 12.0 Å². The molecule has 0 aliphatic rings. The summed E-state index contributed by atoms with van der Waals surface area (Å²) in [6, 6.07) is 8.56. The highest BCUT2D eigenvalue weighted by molar-refractivity contribution is 9.10. The van der Waals surface area contributed by atoms with Gasteiger partial charge >= 0.3 is 0 Å². The van der Waals surface area contributed by atoms with Gasteiger partial charge in [-0.25, -0.2) is 4.39 Å². The van der Waals surface area contributed by atoms with Gasteiger partial charge in [0.05, 0.1) is 4.47 Å². The zero-order chi connectivity index (χ0) is 14.0. The lowest BCUT2D eigenvalue weighted by molar-refractivity contribution is 0.620. The summed E-state index contributed by atoms with van der Waals surface area (Å²) in [6.07, 6.45) is 0. The van der Waals surface area contributed by atoms with Crippen molar-refractivity contribution in [1.82, 2.24) is 0 Å². The van der Waals surface area contributed by atoms with Crippen LogP contribution < -0.4 is 5.32 Å². The van der Waals surface area contributed by atoms with E-state index in [1.165, 1.54) is 6.07 Å². The van der Waals surface area contributed by atoms with Crippen LogP contribution in [0.25, 0.3) is 0 Å². The van der Waals surface area contributed by atoms with Gasteiger partial charge in [-0.05, 0) is 58.2 Å². The Morgan fingerprint density at radius 2 is 1.95 bits per heavy atom. The Labute approximate surface area is 129 Å². The van der Waals surface area contributed by atoms with Crippen LogP contribution in [-0.4, -0.2) is 0 Å². The molecule has 2 rings (SSSR count). The number of anilines is 1. The van der Waals surface area contributed by atoms with E-state index in [4.69, 9.17) is 23.2 Å². The number of aryl methyl sites for hydroxylation is 1. The van der Waals surface area contributed by atoms with Crippen LogP contribution in [-0.2, 0) is 6.54 Å². The molecule has 0 fully saturated rings. The first kappa shape index (κ1) is 14.6. The van der Waals surface area contributed by atoms with E-state index in [2.05, 4.69) is 21.2 Å². The molecule has 100 valence electrons. The van der Waals surface area contributed by atoms with E-state index in [1.807, 2.05) is 13.0 Å². The summed E-state index contributed by atoms with van der Waals surface area (Å²) in [4.78, 5) is 0. The lowest BCUT2D eigenvalue weighted by Gasteiger charge is -2.12. The fraction of sp³-hybridized carbons (Fsp3) is 0.143. The van der Waals surface area contributed by atoms with Crippen molar-refractivity contribution in [2.24, 2.45) is 0 Å². The van der Waals surface area contributed by atoms with E-state index < -0.39 is 0 Å². The molecule has 0 saturated heterocycles. The van der Waals surface area contributed by atoms with Crippen LogP contribution >= 0.6 is 39.1 Å². The molecule has 0 aromatic heterocycles. The highest BCUT2D eigenvalue weighted by Crippen LogP contribution is 2.26.